The molecular formula is C14H9Cl2NO3S. The number of hydrogen-bond acceptors (Lipinski definition) is 4. The van der Waals surface area contributed by atoms with Crippen LogP contribution in [0.3, 0.4) is 0 Å². The Bertz CT molecular complexity index is 706. The lowest BCUT2D eigenvalue weighted by molar-refractivity contribution is -0.387. The van der Waals surface area contributed by atoms with Crippen molar-refractivity contribution in [3.63, 3.8) is 0 Å². The monoisotopic (exact) mass is 341 g/mol. The average Bonchev–Trinajstić information content (AvgIpc) is 2.47. The summed E-state index contributed by atoms with van der Waals surface area (Å²) in [5.41, 5.74) is 0.294. The first-order valence-corrected chi connectivity index (χ1v) is 7.57. The fourth-order valence-electron chi connectivity index (χ4n) is 1.66. The van der Waals surface area contributed by atoms with Gasteiger partial charge in [-0.3, -0.25) is 14.9 Å². The summed E-state index contributed by atoms with van der Waals surface area (Å²) < 4.78 is 0. The van der Waals surface area contributed by atoms with Crippen LogP contribution in [0.5, 0.6) is 0 Å². The molecule has 2 aromatic rings. The number of ketones is 1. The van der Waals surface area contributed by atoms with Gasteiger partial charge in [0, 0.05) is 16.7 Å². The van der Waals surface area contributed by atoms with E-state index in [1.54, 1.807) is 30.3 Å². The number of rotatable bonds is 5. The number of halogens is 2. The normalized spacial score (nSPS) is 10.4. The van der Waals surface area contributed by atoms with Crippen LogP contribution in [0.2, 0.25) is 10.0 Å². The second-order valence-electron chi connectivity index (χ2n) is 4.06. The van der Waals surface area contributed by atoms with Crippen molar-refractivity contribution in [1.29, 1.82) is 0 Å². The van der Waals surface area contributed by atoms with Crippen molar-refractivity contribution in [2.24, 2.45) is 0 Å². The molecule has 0 atom stereocenters. The van der Waals surface area contributed by atoms with E-state index in [4.69, 9.17) is 23.2 Å². The highest BCUT2D eigenvalue weighted by Gasteiger charge is 2.16. The third-order valence-corrected chi connectivity index (χ3v) is 4.28. The van der Waals surface area contributed by atoms with Crippen molar-refractivity contribution in [1.82, 2.24) is 0 Å². The minimum absolute atomic E-state index is 0.0208. The molecule has 0 amide bonds. The summed E-state index contributed by atoms with van der Waals surface area (Å²) in [6.07, 6.45) is 0. The van der Waals surface area contributed by atoms with Gasteiger partial charge < -0.3 is 0 Å². The number of Topliss-reactive ketones (excluding diaryl/α,β-unsaturated/α-hetero) is 1. The molecule has 0 aliphatic carbocycles. The van der Waals surface area contributed by atoms with Crippen molar-refractivity contribution in [2.75, 3.05) is 5.75 Å². The Morgan fingerprint density at radius 3 is 2.62 bits per heavy atom. The first-order valence-electron chi connectivity index (χ1n) is 5.83. The van der Waals surface area contributed by atoms with Crippen molar-refractivity contribution in [3.8, 4) is 0 Å². The molecule has 0 radical (unpaired) electrons. The van der Waals surface area contributed by atoms with Crippen LogP contribution in [0.1, 0.15) is 10.4 Å². The van der Waals surface area contributed by atoms with Gasteiger partial charge in [0.2, 0.25) is 0 Å². The fourth-order valence-corrected chi connectivity index (χ4v) is 2.96. The molecule has 108 valence electrons. The summed E-state index contributed by atoms with van der Waals surface area (Å²) in [6.45, 7) is 0. The number of carbonyl (C=O) groups is 1. The molecule has 0 heterocycles. The molecule has 0 saturated heterocycles. The van der Waals surface area contributed by atoms with Crippen LogP contribution in [0.4, 0.5) is 5.69 Å². The molecule has 2 aromatic carbocycles. The lowest BCUT2D eigenvalue weighted by atomic mass is 10.1. The number of carbonyl (C=O) groups excluding carboxylic acids is 1. The van der Waals surface area contributed by atoms with Crippen molar-refractivity contribution >= 4 is 46.4 Å². The van der Waals surface area contributed by atoms with Gasteiger partial charge in [-0.2, -0.15) is 0 Å². The maximum Gasteiger partial charge on any atom is 0.282 e. The van der Waals surface area contributed by atoms with Gasteiger partial charge in [0.05, 0.1) is 20.6 Å². The van der Waals surface area contributed by atoms with Crippen LogP contribution in [0, 0.1) is 10.1 Å². The Kier molecular flexibility index (Phi) is 5.22. The van der Waals surface area contributed by atoms with Crippen molar-refractivity contribution in [3.05, 3.63) is 68.2 Å². The molecule has 0 aliphatic heterocycles. The molecule has 0 fully saturated rings. The zero-order valence-corrected chi connectivity index (χ0v) is 12.9. The summed E-state index contributed by atoms with van der Waals surface area (Å²) in [7, 11) is 0. The Morgan fingerprint density at radius 2 is 1.90 bits per heavy atom. The van der Waals surface area contributed by atoms with E-state index >= 15 is 0 Å². The number of nitrogens with zero attached hydrogens (tertiary/aromatic N) is 1. The predicted octanol–water partition coefficient (Wildman–Crippen LogP) is 4.88. The SMILES string of the molecule is O=C(CSc1ccccc1[N+](=O)[O-])c1cc(Cl)ccc1Cl. The van der Waals surface area contributed by atoms with Gasteiger partial charge in [0.1, 0.15) is 0 Å². The third-order valence-electron chi connectivity index (χ3n) is 2.65. The summed E-state index contributed by atoms with van der Waals surface area (Å²) in [6, 6.07) is 10.9. The lowest BCUT2D eigenvalue weighted by Gasteiger charge is -2.05. The predicted molar refractivity (Wildman–Crippen MR) is 84.6 cm³/mol. The molecule has 0 aromatic heterocycles. The number of hydrogen-bond donors (Lipinski definition) is 0. The topological polar surface area (TPSA) is 60.2 Å². The van der Waals surface area contributed by atoms with Crippen LogP contribution in [0.25, 0.3) is 0 Å². The fraction of sp³-hybridized carbons (Fsp3) is 0.0714. The zero-order valence-electron chi connectivity index (χ0n) is 10.6. The summed E-state index contributed by atoms with van der Waals surface area (Å²) in [4.78, 5) is 23.0. The molecule has 2 rings (SSSR count). The van der Waals surface area contributed by atoms with Gasteiger partial charge >= 0.3 is 0 Å². The molecular weight excluding hydrogens is 333 g/mol. The first-order chi connectivity index (χ1) is 9.99. The Hall–Kier alpha value is -1.56. The summed E-state index contributed by atoms with van der Waals surface area (Å²) >= 11 is 12.9. The highest BCUT2D eigenvalue weighted by Crippen LogP contribution is 2.30. The van der Waals surface area contributed by atoms with E-state index < -0.39 is 4.92 Å². The van der Waals surface area contributed by atoms with Gasteiger partial charge in [0.15, 0.2) is 5.78 Å². The van der Waals surface area contributed by atoms with Crippen LogP contribution < -0.4 is 0 Å². The van der Waals surface area contributed by atoms with E-state index in [0.717, 1.165) is 11.8 Å². The molecule has 0 saturated carbocycles. The van der Waals surface area contributed by atoms with Crippen LogP contribution in [-0.2, 0) is 0 Å². The van der Waals surface area contributed by atoms with Gasteiger partial charge in [0.25, 0.3) is 5.69 Å². The zero-order chi connectivity index (χ0) is 15.4. The number of thioether (sulfide) groups is 1. The maximum atomic E-state index is 12.1. The van der Waals surface area contributed by atoms with E-state index in [0.29, 0.717) is 20.5 Å². The maximum absolute atomic E-state index is 12.1. The Labute approximate surface area is 135 Å². The molecule has 0 bridgehead atoms. The second kappa shape index (κ2) is 6.93. The van der Waals surface area contributed by atoms with Crippen molar-refractivity contribution in [2.45, 2.75) is 4.90 Å². The van der Waals surface area contributed by atoms with E-state index in [1.165, 1.54) is 12.1 Å². The van der Waals surface area contributed by atoms with E-state index in [9.17, 15) is 14.9 Å². The smallest absolute Gasteiger partial charge is 0.282 e. The van der Waals surface area contributed by atoms with Crippen LogP contribution in [0.15, 0.2) is 47.4 Å². The average molecular weight is 342 g/mol. The van der Waals surface area contributed by atoms with Gasteiger partial charge in [-0.1, -0.05) is 35.3 Å². The van der Waals surface area contributed by atoms with Crippen LogP contribution in [-0.4, -0.2) is 16.5 Å². The molecule has 0 spiro atoms. The van der Waals surface area contributed by atoms with E-state index in [2.05, 4.69) is 0 Å². The third kappa shape index (κ3) is 3.97. The Balaban J connectivity index is 2.15. The first kappa shape index (κ1) is 15.8. The van der Waals surface area contributed by atoms with Crippen LogP contribution >= 0.6 is 35.0 Å². The van der Waals surface area contributed by atoms with Gasteiger partial charge in [-0.25, -0.2) is 0 Å². The largest absolute Gasteiger partial charge is 0.293 e. The summed E-state index contributed by atoms with van der Waals surface area (Å²) in [5, 5.41) is 11.6. The van der Waals surface area contributed by atoms with E-state index in [1.807, 2.05) is 0 Å². The minimum atomic E-state index is -0.473. The van der Waals surface area contributed by atoms with Crippen molar-refractivity contribution < 1.29 is 9.72 Å². The quantitative estimate of drug-likeness (QED) is 0.336. The number of benzene rings is 2. The number of para-hydroxylation sites is 1. The molecule has 0 N–H and O–H groups in total. The highest BCUT2D eigenvalue weighted by molar-refractivity contribution is 8.00. The molecule has 0 aliphatic rings. The van der Waals surface area contributed by atoms with E-state index in [-0.39, 0.29) is 17.2 Å². The Morgan fingerprint density at radius 1 is 1.19 bits per heavy atom. The number of nitro benzene ring substituents is 1. The minimum Gasteiger partial charge on any atom is -0.293 e. The number of nitro groups is 1. The van der Waals surface area contributed by atoms with Gasteiger partial charge in [-0.05, 0) is 24.3 Å². The standard InChI is InChI=1S/C14H9Cl2NO3S/c15-9-5-6-11(16)10(7-9)13(18)8-21-14-4-2-1-3-12(14)17(19)20/h1-7H,8H2. The molecule has 0 unspecified atom stereocenters. The lowest BCUT2D eigenvalue weighted by Crippen LogP contribution is -2.03. The second-order valence-corrected chi connectivity index (χ2v) is 5.92. The molecule has 21 heavy (non-hydrogen) atoms. The molecule has 7 heteroatoms. The summed E-state index contributed by atoms with van der Waals surface area (Å²) in [5.74, 6) is -0.184. The molecule has 4 nitrogen and oxygen atoms in total. The highest BCUT2D eigenvalue weighted by atomic mass is 35.5. The van der Waals surface area contributed by atoms with Gasteiger partial charge in [-0.15, -0.1) is 11.8 Å².